The van der Waals surface area contributed by atoms with E-state index in [0.29, 0.717) is 11.3 Å². The number of hydrogen-bond acceptors (Lipinski definition) is 1. The van der Waals surface area contributed by atoms with E-state index < -0.39 is 17.7 Å². The van der Waals surface area contributed by atoms with E-state index in [4.69, 9.17) is 0 Å². The van der Waals surface area contributed by atoms with Gasteiger partial charge < -0.3 is 14.8 Å². The number of urea groups is 1. The lowest BCUT2D eigenvalue weighted by Crippen LogP contribution is -2.38. The Labute approximate surface area is 184 Å². The number of anilines is 1. The van der Waals surface area contributed by atoms with Gasteiger partial charge >= 0.3 is 6.03 Å². The van der Waals surface area contributed by atoms with E-state index in [1.54, 1.807) is 4.90 Å². The lowest BCUT2D eigenvalue weighted by atomic mass is 10.0. The molecule has 1 aliphatic rings. The lowest BCUT2D eigenvalue weighted by Gasteiger charge is -2.31. The van der Waals surface area contributed by atoms with Crippen LogP contribution in [0.5, 0.6) is 0 Å². The predicted molar refractivity (Wildman–Crippen MR) is 120 cm³/mol. The molecule has 0 unspecified atom stereocenters. The Morgan fingerprint density at radius 1 is 0.938 bits per heavy atom. The number of aryl methyl sites for hydroxylation is 1. The van der Waals surface area contributed by atoms with Crippen molar-refractivity contribution >= 4 is 11.7 Å². The molecule has 0 radical (unpaired) electrons. The number of rotatable bonds is 2. The van der Waals surface area contributed by atoms with Gasteiger partial charge in [0, 0.05) is 23.6 Å². The van der Waals surface area contributed by atoms with E-state index >= 15 is 0 Å². The zero-order chi connectivity index (χ0) is 22.2. The van der Waals surface area contributed by atoms with Crippen LogP contribution < -0.4 is 5.32 Å². The summed E-state index contributed by atoms with van der Waals surface area (Å²) in [5.41, 5.74) is 4.66. The molecule has 2 heterocycles. The summed E-state index contributed by atoms with van der Waals surface area (Å²) in [4.78, 5) is 15.2. The quantitative estimate of drug-likeness (QED) is 0.405. The second-order valence-electron chi connectivity index (χ2n) is 7.96. The summed E-state index contributed by atoms with van der Waals surface area (Å²) in [6.45, 7) is 2.22. The molecular formula is C26H21F2N3O. The minimum atomic E-state index is -0.688. The highest BCUT2D eigenvalue weighted by Gasteiger charge is 2.33. The molecule has 0 saturated carbocycles. The van der Waals surface area contributed by atoms with Crippen LogP contribution in [-0.4, -0.2) is 15.5 Å². The molecule has 0 fully saturated rings. The van der Waals surface area contributed by atoms with E-state index in [1.807, 2.05) is 78.4 Å². The third-order valence-corrected chi connectivity index (χ3v) is 5.69. The molecule has 1 aliphatic heterocycles. The SMILES string of the molecule is Cc1cccc(NC(=O)N2Cc3ccccc3-n3cccc3[C@H]2c2cc(F)cc(F)c2)c1. The number of carbonyl (C=O) groups is 1. The Morgan fingerprint density at radius 3 is 2.50 bits per heavy atom. The first-order chi connectivity index (χ1) is 15.5. The van der Waals surface area contributed by atoms with Gasteiger partial charge in [-0.1, -0.05) is 30.3 Å². The fourth-order valence-corrected chi connectivity index (χ4v) is 4.34. The van der Waals surface area contributed by atoms with Gasteiger partial charge in [0.2, 0.25) is 0 Å². The summed E-state index contributed by atoms with van der Waals surface area (Å²) in [7, 11) is 0. The first-order valence-corrected chi connectivity index (χ1v) is 10.4. The van der Waals surface area contributed by atoms with Crippen LogP contribution in [0.3, 0.4) is 0 Å². The molecule has 4 nitrogen and oxygen atoms in total. The highest BCUT2D eigenvalue weighted by molar-refractivity contribution is 5.90. The monoisotopic (exact) mass is 429 g/mol. The third-order valence-electron chi connectivity index (χ3n) is 5.69. The maximum absolute atomic E-state index is 14.2. The van der Waals surface area contributed by atoms with Crippen molar-refractivity contribution in [3.63, 3.8) is 0 Å². The van der Waals surface area contributed by atoms with Gasteiger partial charge in [-0.15, -0.1) is 0 Å². The summed E-state index contributed by atoms with van der Waals surface area (Å²) >= 11 is 0. The second kappa shape index (κ2) is 7.96. The van der Waals surface area contributed by atoms with Crippen LogP contribution in [0.1, 0.15) is 28.4 Å². The standard InChI is InChI=1S/C26H21F2N3O/c1-17-6-4-8-22(12-17)29-26(32)31-16-18-7-2-3-9-23(18)30-11-5-10-24(30)25(31)19-13-20(27)15-21(28)14-19/h2-15,25H,16H2,1H3,(H,29,32)/t25-/m1/s1. The van der Waals surface area contributed by atoms with Gasteiger partial charge in [0.1, 0.15) is 11.6 Å². The van der Waals surface area contributed by atoms with Crippen molar-refractivity contribution in [2.75, 3.05) is 5.32 Å². The van der Waals surface area contributed by atoms with Gasteiger partial charge in [-0.2, -0.15) is 0 Å². The summed E-state index contributed by atoms with van der Waals surface area (Å²) in [5, 5.41) is 2.95. The number of nitrogens with zero attached hydrogens (tertiary/aromatic N) is 2. The molecule has 1 atom stereocenters. The van der Waals surface area contributed by atoms with Crippen LogP contribution in [0.4, 0.5) is 19.3 Å². The molecule has 5 rings (SSSR count). The van der Waals surface area contributed by atoms with Crippen molar-refractivity contribution in [3.05, 3.63) is 119 Å². The zero-order valence-electron chi connectivity index (χ0n) is 17.4. The topological polar surface area (TPSA) is 37.3 Å². The Morgan fingerprint density at radius 2 is 1.72 bits per heavy atom. The highest BCUT2D eigenvalue weighted by atomic mass is 19.1. The van der Waals surface area contributed by atoms with Gasteiger partial charge in [-0.25, -0.2) is 13.6 Å². The van der Waals surface area contributed by atoms with Gasteiger partial charge in [0.05, 0.1) is 18.3 Å². The molecule has 160 valence electrons. The minimum Gasteiger partial charge on any atom is -0.318 e. The lowest BCUT2D eigenvalue weighted by molar-refractivity contribution is 0.194. The van der Waals surface area contributed by atoms with E-state index in [0.717, 1.165) is 28.6 Å². The maximum atomic E-state index is 14.2. The normalized spacial score (nSPS) is 15.0. The molecule has 3 aromatic carbocycles. The zero-order valence-corrected chi connectivity index (χ0v) is 17.4. The van der Waals surface area contributed by atoms with E-state index in [-0.39, 0.29) is 12.6 Å². The number of fused-ring (bicyclic) bond motifs is 3. The van der Waals surface area contributed by atoms with Crippen molar-refractivity contribution in [1.29, 1.82) is 0 Å². The second-order valence-corrected chi connectivity index (χ2v) is 7.96. The van der Waals surface area contributed by atoms with Gasteiger partial charge in [0.15, 0.2) is 0 Å². The number of benzene rings is 3. The van der Waals surface area contributed by atoms with Crippen LogP contribution in [0.25, 0.3) is 5.69 Å². The Balaban J connectivity index is 1.66. The average Bonchev–Trinajstić information content (AvgIpc) is 3.17. The number of hydrogen-bond donors (Lipinski definition) is 1. The summed E-state index contributed by atoms with van der Waals surface area (Å²) in [6.07, 6.45) is 1.90. The number of halogens is 2. The molecule has 6 heteroatoms. The Kier molecular flexibility index (Phi) is 4.98. The van der Waals surface area contributed by atoms with Gasteiger partial charge in [-0.3, -0.25) is 0 Å². The van der Waals surface area contributed by atoms with Gasteiger partial charge in [0.25, 0.3) is 0 Å². The van der Waals surface area contributed by atoms with E-state index in [9.17, 15) is 13.6 Å². The maximum Gasteiger partial charge on any atom is 0.322 e. The molecule has 0 saturated heterocycles. The highest BCUT2D eigenvalue weighted by Crippen LogP contribution is 2.37. The number of amides is 2. The molecule has 32 heavy (non-hydrogen) atoms. The van der Waals surface area contributed by atoms with Crippen LogP contribution in [0.2, 0.25) is 0 Å². The number of carbonyl (C=O) groups excluding carboxylic acids is 1. The molecule has 0 aliphatic carbocycles. The first kappa shape index (κ1) is 20.0. The van der Waals surface area contributed by atoms with Crippen molar-refractivity contribution in [2.24, 2.45) is 0 Å². The molecule has 0 bridgehead atoms. The van der Waals surface area contributed by atoms with Crippen molar-refractivity contribution in [1.82, 2.24) is 9.47 Å². The largest absolute Gasteiger partial charge is 0.322 e. The van der Waals surface area contributed by atoms with E-state index in [2.05, 4.69) is 5.32 Å². The molecular weight excluding hydrogens is 408 g/mol. The van der Waals surface area contributed by atoms with Crippen LogP contribution >= 0.6 is 0 Å². The summed E-state index contributed by atoms with van der Waals surface area (Å²) < 4.78 is 30.4. The van der Waals surface area contributed by atoms with Crippen molar-refractivity contribution < 1.29 is 13.6 Å². The molecule has 1 N–H and O–H groups in total. The van der Waals surface area contributed by atoms with Crippen LogP contribution in [0, 0.1) is 18.6 Å². The molecule has 1 aromatic heterocycles. The number of nitrogens with one attached hydrogen (secondary N) is 1. The Bertz CT molecular complexity index is 1290. The summed E-state index contributed by atoms with van der Waals surface area (Å²) in [5.74, 6) is -1.36. The van der Waals surface area contributed by atoms with Crippen molar-refractivity contribution in [3.8, 4) is 5.69 Å². The smallest absolute Gasteiger partial charge is 0.318 e. The number of aromatic nitrogens is 1. The van der Waals surface area contributed by atoms with Crippen LogP contribution in [0.15, 0.2) is 85.1 Å². The molecule has 4 aromatic rings. The van der Waals surface area contributed by atoms with E-state index in [1.165, 1.54) is 12.1 Å². The van der Waals surface area contributed by atoms with Crippen molar-refractivity contribution in [2.45, 2.75) is 19.5 Å². The fraction of sp³-hybridized carbons (Fsp3) is 0.115. The Hall–Kier alpha value is -3.93. The van der Waals surface area contributed by atoms with Crippen LogP contribution in [-0.2, 0) is 6.54 Å². The fourth-order valence-electron chi connectivity index (χ4n) is 4.34. The third kappa shape index (κ3) is 3.64. The average molecular weight is 429 g/mol. The summed E-state index contributed by atoms with van der Waals surface area (Å²) in [6, 6.07) is 21.4. The number of para-hydroxylation sites is 1. The van der Waals surface area contributed by atoms with Gasteiger partial charge in [-0.05, 0) is 66.1 Å². The minimum absolute atomic E-state index is 0.276. The molecule has 0 spiro atoms. The predicted octanol–water partition coefficient (Wildman–Crippen LogP) is 6.20. The molecule has 2 amide bonds. The first-order valence-electron chi connectivity index (χ1n) is 10.4.